The van der Waals surface area contributed by atoms with Crippen LogP contribution in [-0.2, 0) is 27.4 Å². The first-order valence-electron chi connectivity index (χ1n) is 11.5. The number of aliphatic hydroxyl groups is 1. The van der Waals surface area contributed by atoms with E-state index in [1.807, 2.05) is 91.9 Å². The zero-order chi connectivity index (χ0) is 24.5. The first kappa shape index (κ1) is 25.3. The molecule has 35 heavy (non-hydrogen) atoms. The molecule has 0 spiro atoms. The van der Waals surface area contributed by atoms with Crippen LogP contribution in [-0.4, -0.2) is 41.5 Å². The Labute approximate surface area is 209 Å². The molecule has 182 valence electrons. The van der Waals surface area contributed by atoms with Gasteiger partial charge in [-0.1, -0.05) is 95.2 Å². The Morgan fingerprint density at radius 2 is 1.46 bits per heavy atom. The normalized spacial score (nSPS) is 24.0. The number of thioether (sulfide) groups is 1. The molecule has 0 bridgehead atoms. The van der Waals surface area contributed by atoms with Crippen LogP contribution in [0.4, 0.5) is 0 Å². The molecule has 0 amide bonds. The monoisotopic (exact) mass is 491 g/mol. The summed E-state index contributed by atoms with van der Waals surface area (Å²) in [7, 11) is 0. The lowest BCUT2D eigenvalue weighted by Crippen LogP contribution is -2.58. The van der Waals surface area contributed by atoms with Gasteiger partial charge in [0.1, 0.15) is 23.7 Å². The average Bonchev–Trinajstić information content (AvgIpc) is 2.90. The van der Waals surface area contributed by atoms with E-state index in [9.17, 15) is 10.6 Å². The summed E-state index contributed by atoms with van der Waals surface area (Å²) in [6.45, 7) is 2.40. The zero-order valence-electron chi connectivity index (χ0n) is 19.5. The first-order chi connectivity index (χ1) is 17.2. The largest absolute Gasteiger partial charge is 0.394 e. The van der Waals surface area contributed by atoms with Crippen LogP contribution < -0.4 is 0 Å². The summed E-state index contributed by atoms with van der Waals surface area (Å²) in [6.07, 6.45) is -1.90. The predicted molar refractivity (Wildman–Crippen MR) is 136 cm³/mol. The van der Waals surface area contributed by atoms with Gasteiger partial charge in [-0.3, -0.25) is 0 Å². The molecule has 0 aliphatic carbocycles. The molecule has 4 rings (SSSR count). The van der Waals surface area contributed by atoms with Gasteiger partial charge in [0.05, 0.1) is 25.9 Å². The van der Waals surface area contributed by atoms with E-state index in [1.54, 1.807) is 0 Å². The molecular formula is C27H29N3O4S. The second-order valence-electron chi connectivity index (χ2n) is 8.37. The lowest BCUT2D eigenvalue weighted by Gasteiger charge is -2.44. The van der Waals surface area contributed by atoms with E-state index >= 15 is 0 Å². The van der Waals surface area contributed by atoms with E-state index in [1.165, 1.54) is 11.8 Å². The van der Waals surface area contributed by atoms with Gasteiger partial charge >= 0.3 is 0 Å². The minimum absolute atomic E-state index is 0.251. The number of ether oxygens (including phenoxy) is 3. The molecule has 3 aromatic rings. The molecule has 8 heteroatoms. The maximum atomic E-state index is 10.2. The van der Waals surface area contributed by atoms with Gasteiger partial charge in [-0.2, -0.15) is 0 Å². The minimum atomic E-state index is -0.668. The predicted octanol–water partition coefficient (Wildman–Crippen LogP) is 5.65. The van der Waals surface area contributed by atoms with Crippen molar-refractivity contribution in [3.63, 3.8) is 0 Å². The van der Waals surface area contributed by atoms with Crippen LogP contribution in [0, 0.1) is 6.92 Å². The molecule has 0 aromatic heterocycles. The summed E-state index contributed by atoms with van der Waals surface area (Å²) in [4.78, 5) is 4.08. The number of nitrogens with zero attached hydrogens (tertiary/aromatic N) is 3. The molecule has 0 radical (unpaired) electrons. The van der Waals surface area contributed by atoms with Gasteiger partial charge in [0.2, 0.25) is 0 Å². The van der Waals surface area contributed by atoms with E-state index in [2.05, 4.69) is 10.0 Å². The summed E-state index contributed by atoms with van der Waals surface area (Å²) in [5, 5.41) is 14.3. The van der Waals surface area contributed by atoms with E-state index in [0.717, 1.165) is 21.6 Å². The summed E-state index contributed by atoms with van der Waals surface area (Å²) < 4.78 is 18.9. The number of rotatable bonds is 10. The number of azide groups is 1. The van der Waals surface area contributed by atoms with E-state index in [4.69, 9.17) is 14.2 Å². The molecule has 3 aromatic carbocycles. The maximum Gasteiger partial charge on any atom is 0.119 e. The van der Waals surface area contributed by atoms with Gasteiger partial charge in [0, 0.05) is 9.81 Å². The SMILES string of the molecule is Cc1ccc(S[C@@H]2O[C@H](CO)[C@H](OCc3ccccc3)[C@H](OCc3ccccc3)[C@H]2N=[N+]=[N-])cc1. The Hall–Kier alpha value is -2.84. The van der Waals surface area contributed by atoms with Gasteiger partial charge in [-0.15, -0.1) is 0 Å². The minimum Gasteiger partial charge on any atom is -0.394 e. The molecule has 1 fully saturated rings. The van der Waals surface area contributed by atoms with Crippen LogP contribution in [0.5, 0.6) is 0 Å². The molecule has 0 saturated carbocycles. The van der Waals surface area contributed by atoms with Crippen molar-refractivity contribution in [2.24, 2.45) is 5.11 Å². The topological polar surface area (TPSA) is 96.7 Å². The summed E-state index contributed by atoms with van der Waals surface area (Å²) in [5.74, 6) is 0. The lowest BCUT2D eigenvalue weighted by molar-refractivity contribution is -0.206. The molecule has 7 nitrogen and oxygen atoms in total. The number of benzene rings is 3. The van der Waals surface area contributed by atoms with E-state index in [0.29, 0.717) is 13.2 Å². The molecule has 1 N–H and O–H groups in total. The summed E-state index contributed by atoms with van der Waals surface area (Å²) in [5.41, 5.74) is 12.0. The Morgan fingerprint density at radius 3 is 2.00 bits per heavy atom. The third-order valence-corrected chi connectivity index (χ3v) is 6.99. The fraction of sp³-hybridized carbons (Fsp3) is 0.333. The second-order valence-corrected chi connectivity index (χ2v) is 9.55. The van der Waals surface area contributed by atoms with Crippen molar-refractivity contribution < 1.29 is 19.3 Å². The highest BCUT2D eigenvalue weighted by molar-refractivity contribution is 7.99. The van der Waals surface area contributed by atoms with Crippen LogP contribution >= 0.6 is 11.8 Å². The average molecular weight is 492 g/mol. The highest BCUT2D eigenvalue weighted by Gasteiger charge is 2.47. The highest BCUT2D eigenvalue weighted by Crippen LogP contribution is 2.37. The van der Waals surface area contributed by atoms with E-state index < -0.39 is 29.8 Å². The van der Waals surface area contributed by atoms with Crippen LogP contribution in [0.15, 0.2) is 94.9 Å². The Bertz CT molecular complexity index is 1090. The van der Waals surface area contributed by atoms with Gasteiger partial charge in [-0.25, -0.2) is 0 Å². The Morgan fingerprint density at radius 1 is 0.886 bits per heavy atom. The molecule has 0 unspecified atom stereocenters. The van der Waals surface area contributed by atoms with Gasteiger partial charge < -0.3 is 19.3 Å². The van der Waals surface area contributed by atoms with Crippen molar-refractivity contribution in [2.75, 3.05) is 6.61 Å². The number of aliphatic hydroxyl groups excluding tert-OH is 1. The van der Waals surface area contributed by atoms with E-state index in [-0.39, 0.29) is 6.61 Å². The van der Waals surface area contributed by atoms with Crippen LogP contribution in [0.2, 0.25) is 0 Å². The fourth-order valence-electron chi connectivity index (χ4n) is 4.00. The van der Waals surface area contributed by atoms with Crippen LogP contribution in [0.3, 0.4) is 0 Å². The summed E-state index contributed by atoms with van der Waals surface area (Å²) in [6, 6.07) is 26.9. The molecule has 1 aliphatic heterocycles. The van der Waals surface area contributed by atoms with Crippen molar-refractivity contribution in [3.8, 4) is 0 Å². The van der Waals surface area contributed by atoms with Crippen molar-refractivity contribution in [3.05, 3.63) is 112 Å². The summed E-state index contributed by atoms with van der Waals surface area (Å²) >= 11 is 1.45. The zero-order valence-corrected chi connectivity index (χ0v) is 20.3. The third-order valence-electron chi connectivity index (χ3n) is 5.82. The molecule has 5 atom stereocenters. The maximum absolute atomic E-state index is 10.2. The van der Waals surface area contributed by atoms with Gasteiger partial charge in [0.15, 0.2) is 0 Å². The van der Waals surface area contributed by atoms with Gasteiger partial charge in [0.25, 0.3) is 0 Å². The Kier molecular flexibility index (Phi) is 9.20. The lowest BCUT2D eigenvalue weighted by atomic mass is 9.97. The number of hydrogen-bond acceptors (Lipinski definition) is 6. The van der Waals surface area contributed by atoms with Crippen molar-refractivity contribution in [1.82, 2.24) is 0 Å². The molecule has 1 aliphatic rings. The second kappa shape index (κ2) is 12.7. The third kappa shape index (κ3) is 6.86. The first-order valence-corrected chi connectivity index (χ1v) is 12.4. The standard InChI is InChI=1S/C27H29N3O4S/c1-19-12-14-22(15-13-19)35-27-24(29-30-28)26(33-18-21-10-6-3-7-11-21)25(23(16-31)34-27)32-17-20-8-4-2-5-9-20/h2-15,23-27,31H,16-18H2,1H3/t23-,24-,25+,26-,27+/m1/s1. The van der Waals surface area contributed by atoms with Crippen molar-refractivity contribution in [2.45, 2.75) is 54.8 Å². The fourth-order valence-corrected chi connectivity index (χ4v) is 5.10. The van der Waals surface area contributed by atoms with Crippen molar-refractivity contribution in [1.29, 1.82) is 0 Å². The highest BCUT2D eigenvalue weighted by atomic mass is 32.2. The molecular weight excluding hydrogens is 462 g/mol. The number of hydrogen-bond donors (Lipinski definition) is 1. The van der Waals surface area contributed by atoms with Crippen LogP contribution in [0.25, 0.3) is 10.4 Å². The molecule has 1 heterocycles. The molecule has 1 saturated heterocycles. The van der Waals surface area contributed by atoms with Crippen LogP contribution in [0.1, 0.15) is 16.7 Å². The van der Waals surface area contributed by atoms with Crippen molar-refractivity contribution >= 4 is 11.8 Å². The van der Waals surface area contributed by atoms with Gasteiger partial charge in [-0.05, 0) is 35.7 Å². The smallest absolute Gasteiger partial charge is 0.119 e. The number of aryl methyl sites for hydroxylation is 1. The Balaban J connectivity index is 1.60. The quantitative estimate of drug-likeness (QED) is 0.224.